The fourth-order valence-corrected chi connectivity index (χ4v) is 3.13. The smallest absolute Gasteiger partial charge is 0.407 e. The molecule has 1 saturated heterocycles. The van der Waals surface area contributed by atoms with Crippen molar-refractivity contribution in [3.8, 4) is 0 Å². The van der Waals surface area contributed by atoms with Gasteiger partial charge >= 0.3 is 12.1 Å². The maximum Gasteiger partial charge on any atom is 0.407 e. The Morgan fingerprint density at radius 1 is 1.43 bits per heavy atom. The number of pyridine rings is 1. The maximum absolute atomic E-state index is 13.9. The Balaban J connectivity index is 2.32. The van der Waals surface area contributed by atoms with Gasteiger partial charge in [-0.1, -0.05) is 11.6 Å². The lowest BCUT2D eigenvalue weighted by Gasteiger charge is -2.41. The van der Waals surface area contributed by atoms with Gasteiger partial charge in [0.25, 0.3) is 0 Å². The normalized spacial score (nSPS) is 24.5. The van der Waals surface area contributed by atoms with Gasteiger partial charge < -0.3 is 15.1 Å². The molecule has 1 amide bonds. The Kier molecular flexibility index (Phi) is 4.74. The van der Waals surface area contributed by atoms with Gasteiger partial charge in [-0.25, -0.2) is 18.6 Å². The van der Waals surface area contributed by atoms with Crippen LogP contribution in [0.25, 0.3) is 0 Å². The van der Waals surface area contributed by atoms with E-state index in [1.165, 1.54) is 0 Å². The van der Waals surface area contributed by atoms with E-state index in [0.29, 0.717) is 6.07 Å². The highest BCUT2D eigenvalue weighted by atomic mass is 35.5. The summed E-state index contributed by atoms with van der Waals surface area (Å²) in [6.07, 6.45) is -1.41. The average Bonchev–Trinajstić information content (AvgIpc) is 2.44. The fraction of sp³-hybridized carbons (Fsp3) is 0.500. The Morgan fingerprint density at radius 3 is 2.61 bits per heavy atom. The highest BCUT2D eigenvalue weighted by Gasteiger charge is 2.46. The molecular weight excluding hydrogens is 334 g/mol. The van der Waals surface area contributed by atoms with Crippen LogP contribution in [-0.2, 0) is 11.2 Å². The molecule has 0 bridgehead atoms. The van der Waals surface area contributed by atoms with Crippen LogP contribution in [-0.4, -0.2) is 44.7 Å². The number of piperidine rings is 1. The third kappa shape index (κ3) is 3.36. The number of aromatic nitrogens is 1. The van der Waals surface area contributed by atoms with Crippen LogP contribution in [0.15, 0.2) is 6.07 Å². The van der Waals surface area contributed by atoms with Crippen molar-refractivity contribution in [2.24, 2.45) is 5.41 Å². The van der Waals surface area contributed by atoms with Crippen LogP contribution in [0.5, 0.6) is 0 Å². The van der Waals surface area contributed by atoms with Crippen LogP contribution in [0.3, 0.4) is 0 Å². The molecule has 1 fully saturated rings. The third-order valence-electron chi connectivity index (χ3n) is 4.21. The van der Waals surface area contributed by atoms with Crippen molar-refractivity contribution < 1.29 is 28.6 Å². The summed E-state index contributed by atoms with van der Waals surface area (Å²) in [4.78, 5) is 27.6. The van der Waals surface area contributed by atoms with E-state index >= 15 is 0 Å². The minimum absolute atomic E-state index is 0.00471. The second-order valence-corrected chi connectivity index (χ2v) is 6.09. The molecule has 0 spiro atoms. The van der Waals surface area contributed by atoms with Gasteiger partial charge in [-0.3, -0.25) is 4.79 Å². The molecule has 2 atom stereocenters. The number of amides is 1. The standard InChI is InChI=1S/C14H15ClF2N2O4/c1-7-5-14(12(20)21,2-3-19(7)13(22)23)6-10-8(16)4-9(17)11(15)18-10/h4,7H,2-3,5-6H2,1H3,(H,20,21)(H,22,23). The van der Waals surface area contributed by atoms with Gasteiger partial charge in [0.1, 0.15) is 5.82 Å². The van der Waals surface area contributed by atoms with E-state index in [9.17, 15) is 23.5 Å². The minimum Gasteiger partial charge on any atom is -0.481 e. The molecule has 0 aromatic carbocycles. The molecule has 126 valence electrons. The van der Waals surface area contributed by atoms with E-state index in [0.717, 1.165) is 4.90 Å². The van der Waals surface area contributed by atoms with Crippen molar-refractivity contribution in [3.05, 3.63) is 28.5 Å². The molecule has 1 aliphatic rings. The number of rotatable bonds is 3. The summed E-state index contributed by atoms with van der Waals surface area (Å²) in [7, 11) is 0. The van der Waals surface area contributed by atoms with Crippen molar-refractivity contribution in [1.29, 1.82) is 0 Å². The van der Waals surface area contributed by atoms with Gasteiger partial charge in [-0.15, -0.1) is 0 Å². The Hall–Kier alpha value is -1.96. The average molecular weight is 349 g/mol. The quantitative estimate of drug-likeness (QED) is 0.820. The largest absolute Gasteiger partial charge is 0.481 e. The second kappa shape index (κ2) is 6.27. The number of carbonyl (C=O) groups is 2. The van der Waals surface area contributed by atoms with Crippen LogP contribution in [0.1, 0.15) is 25.5 Å². The van der Waals surface area contributed by atoms with Gasteiger partial charge in [-0.05, 0) is 19.8 Å². The molecule has 6 nitrogen and oxygen atoms in total. The summed E-state index contributed by atoms with van der Waals surface area (Å²) in [6.45, 7) is 1.60. The SMILES string of the molecule is CC1CC(Cc2nc(Cl)c(F)cc2F)(C(=O)O)CCN1C(=O)O. The number of carboxylic acids is 1. The zero-order valence-corrected chi connectivity index (χ0v) is 13.0. The highest BCUT2D eigenvalue weighted by molar-refractivity contribution is 6.29. The van der Waals surface area contributed by atoms with E-state index in [1.54, 1.807) is 6.92 Å². The van der Waals surface area contributed by atoms with E-state index in [1.807, 2.05) is 0 Å². The van der Waals surface area contributed by atoms with Gasteiger partial charge in [-0.2, -0.15) is 0 Å². The summed E-state index contributed by atoms with van der Waals surface area (Å²) in [5.41, 5.74) is -1.62. The number of halogens is 3. The molecule has 1 aromatic heterocycles. The van der Waals surface area contributed by atoms with E-state index in [2.05, 4.69) is 4.98 Å². The lowest BCUT2D eigenvalue weighted by Crippen LogP contribution is -2.51. The zero-order chi connectivity index (χ0) is 17.4. The summed E-state index contributed by atoms with van der Waals surface area (Å²) in [5, 5.41) is 18.1. The summed E-state index contributed by atoms with van der Waals surface area (Å²) in [5.74, 6) is -3.16. The predicted molar refractivity (Wildman–Crippen MR) is 76.4 cm³/mol. The topological polar surface area (TPSA) is 90.7 Å². The van der Waals surface area contributed by atoms with Crippen molar-refractivity contribution >= 4 is 23.7 Å². The molecule has 2 heterocycles. The molecule has 0 aliphatic carbocycles. The molecule has 2 rings (SSSR count). The number of likely N-dealkylation sites (tertiary alicyclic amines) is 1. The molecule has 2 N–H and O–H groups in total. The van der Waals surface area contributed by atoms with Crippen molar-refractivity contribution in [2.75, 3.05) is 6.54 Å². The van der Waals surface area contributed by atoms with E-state index in [-0.39, 0.29) is 31.5 Å². The number of nitrogens with zero attached hydrogens (tertiary/aromatic N) is 2. The Bertz CT molecular complexity index is 658. The highest BCUT2D eigenvalue weighted by Crippen LogP contribution is 2.39. The van der Waals surface area contributed by atoms with Crippen LogP contribution in [0.4, 0.5) is 13.6 Å². The van der Waals surface area contributed by atoms with Crippen molar-refractivity contribution in [3.63, 3.8) is 0 Å². The van der Waals surface area contributed by atoms with Crippen LogP contribution in [0, 0.1) is 17.0 Å². The zero-order valence-electron chi connectivity index (χ0n) is 12.2. The number of hydrogen-bond acceptors (Lipinski definition) is 3. The van der Waals surface area contributed by atoms with Gasteiger partial charge in [0, 0.05) is 25.1 Å². The Labute approximate surface area is 135 Å². The molecule has 23 heavy (non-hydrogen) atoms. The summed E-state index contributed by atoms with van der Waals surface area (Å²) in [6, 6.07) is 0.0204. The first-order valence-corrected chi connectivity index (χ1v) is 7.27. The lowest BCUT2D eigenvalue weighted by atomic mass is 9.72. The lowest BCUT2D eigenvalue weighted by molar-refractivity contribution is -0.153. The first-order valence-electron chi connectivity index (χ1n) is 6.89. The molecule has 1 aliphatic heterocycles. The van der Waals surface area contributed by atoms with Crippen molar-refractivity contribution in [2.45, 2.75) is 32.2 Å². The van der Waals surface area contributed by atoms with Crippen LogP contribution >= 0.6 is 11.6 Å². The summed E-state index contributed by atoms with van der Waals surface area (Å²) < 4.78 is 27.0. The van der Waals surface area contributed by atoms with Gasteiger partial charge in [0.15, 0.2) is 11.0 Å². The molecule has 1 aromatic rings. The molecular formula is C14H15ClF2N2O4. The second-order valence-electron chi connectivity index (χ2n) is 5.73. The van der Waals surface area contributed by atoms with Crippen LogP contribution in [0.2, 0.25) is 5.15 Å². The molecule has 2 unspecified atom stereocenters. The molecule has 0 saturated carbocycles. The number of carboxylic acid groups (broad SMARTS) is 2. The van der Waals surface area contributed by atoms with E-state index in [4.69, 9.17) is 16.7 Å². The van der Waals surface area contributed by atoms with Gasteiger partial charge in [0.05, 0.1) is 11.1 Å². The number of hydrogen-bond donors (Lipinski definition) is 2. The fourth-order valence-electron chi connectivity index (χ4n) is 2.97. The summed E-state index contributed by atoms with van der Waals surface area (Å²) >= 11 is 5.54. The minimum atomic E-state index is -1.37. The molecule has 0 radical (unpaired) electrons. The van der Waals surface area contributed by atoms with E-state index < -0.39 is 40.3 Å². The predicted octanol–water partition coefficient (Wildman–Crippen LogP) is 2.79. The molecule has 9 heteroatoms. The first kappa shape index (κ1) is 17.4. The first-order chi connectivity index (χ1) is 10.7. The third-order valence-corrected chi connectivity index (χ3v) is 4.48. The number of aliphatic carboxylic acids is 1. The van der Waals surface area contributed by atoms with Gasteiger partial charge in [0.2, 0.25) is 0 Å². The maximum atomic E-state index is 13.9. The monoisotopic (exact) mass is 348 g/mol. The van der Waals surface area contributed by atoms with Crippen molar-refractivity contribution in [1.82, 2.24) is 9.88 Å². The Morgan fingerprint density at radius 2 is 2.09 bits per heavy atom. The van der Waals surface area contributed by atoms with Crippen LogP contribution < -0.4 is 0 Å².